The highest BCUT2D eigenvalue weighted by Crippen LogP contribution is 2.27. The van der Waals surface area contributed by atoms with Gasteiger partial charge >= 0.3 is 0 Å². The van der Waals surface area contributed by atoms with Crippen molar-refractivity contribution in [1.29, 1.82) is 0 Å². The highest BCUT2D eigenvalue weighted by Gasteiger charge is 2.39. The molecule has 2 amide bonds. The minimum Gasteiger partial charge on any atom is -0.350 e. The van der Waals surface area contributed by atoms with Crippen molar-refractivity contribution in [2.24, 2.45) is 7.05 Å². The molecule has 0 bridgehead atoms. The van der Waals surface area contributed by atoms with Gasteiger partial charge < -0.3 is 14.8 Å². The second kappa shape index (κ2) is 4.72. The summed E-state index contributed by atoms with van der Waals surface area (Å²) in [6.45, 7) is 0.186. The largest absolute Gasteiger partial charge is 0.350 e. The summed E-state index contributed by atoms with van der Waals surface area (Å²) in [6.07, 6.45) is 6.09. The molecule has 2 fully saturated rings. The Morgan fingerprint density at radius 3 is 2.89 bits per heavy atom. The molecule has 1 N–H and O–H groups in total. The monoisotopic (exact) mass is 261 g/mol. The Morgan fingerprint density at radius 2 is 2.16 bits per heavy atom. The molecule has 1 saturated heterocycles. The molecule has 2 aliphatic rings. The van der Waals surface area contributed by atoms with Gasteiger partial charge in [-0.05, 0) is 25.0 Å². The van der Waals surface area contributed by atoms with Crippen LogP contribution in [-0.2, 0) is 11.8 Å². The van der Waals surface area contributed by atoms with E-state index in [4.69, 9.17) is 0 Å². The summed E-state index contributed by atoms with van der Waals surface area (Å²) in [5.41, 5.74) is 0.652. The molecule has 19 heavy (non-hydrogen) atoms. The Morgan fingerprint density at radius 1 is 1.37 bits per heavy atom. The molecule has 5 heteroatoms. The van der Waals surface area contributed by atoms with Crippen molar-refractivity contribution < 1.29 is 9.59 Å². The first-order valence-electron chi connectivity index (χ1n) is 6.88. The lowest BCUT2D eigenvalue weighted by molar-refractivity contribution is -0.127. The fourth-order valence-corrected chi connectivity index (χ4v) is 3.23. The molecule has 2 atom stereocenters. The normalized spacial score (nSPS) is 26.8. The zero-order valence-corrected chi connectivity index (χ0v) is 11.1. The van der Waals surface area contributed by atoms with Crippen molar-refractivity contribution in [3.63, 3.8) is 0 Å². The maximum atomic E-state index is 12.6. The molecular formula is C14H19N3O2. The predicted octanol–water partition coefficient (Wildman–Crippen LogP) is 0.908. The summed E-state index contributed by atoms with van der Waals surface area (Å²) in [4.78, 5) is 26.1. The minimum atomic E-state index is -0.0364. The first kappa shape index (κ1) is 12.3. The summed E-state index contributed by atoms with van der Waals surface area (Å²) in [5.74, 6) is -0.0649. The topological polar surface area (TPSA) is 54.3 Å². The fourth-order valence-electron chi connectivity index (χ4n) is 3.23. The van der Waals surface area contributed by atoms with Crippen LogP contribution in [0.15, 0.2) is 18.3 Å². The van der Waals surface area contributed by atoms with Crippen LogP contribution in [0.25, 0.3) is 0 Å². The third kappa shape index (κ3) is 2.13. The van der Waals surface area contributed by atoms with Crippen LogP contribution in [0.5, 0.6) is 0 Å². The molecule has 1 saturated carbocycles. The van der Waals surface area contributed by atoms with Crippen LogP contribution in [0, 0.1) is 0 Å². The van der Waals surface area contributed by atoms with Gasteiger partial charge in [-0.2, -0.15) is 0 Å². The first-order valence-corrected chi connectivity index (χ1v) is 6.88. The third-order valence-electron chi connectivity index (χ3n) is 4.21. The quantitative estimate of drug-likeness (QED) is 0.817. The number of hydrogen-bond acceptors (Lipinski definition) is 2. The van der Waals surface area contributed by atoms with E-state index in [1.54, 1.807) is 4.90 Å². The Labute approximate surface area is 112 Å². The van der Waals surface area contributed by atoms with E-state index in [1.807, 2.05) is 29.9 Å². The maximum absolute atomic E-state index is 12.6. The summed E-state index contributed by atoms with van der Waals surface area (Å²) < 4.78 is 1.81. The smallest absolute Gasteiger partial charge is 0.271 e. The number of nitrogens with zero attached hydrogens (tertiary/aromatic N) is 2. The molecule has 1 aliphatic carbocycles. The average Bonchev–Trinajstić information content (AvgIpc) is 2.83. The first-order chi connectivity index (χ1) is 9.16. The lowest BCUT2D eigenvalue weighted by Gasteiger charge is -2.43. The van der Waals surface area contributed by atoms with E-state index in [1.165, 1.54) is 0 Å². The lowest BCUT2D eigenvalue weighted by atomic mass is 9.87. The standard InChI is InChI=1S/C14H19N3O2/c1-16-8-4-7-12(16)14(19)17-9-13(18)15-10-5-2-3-6-11(10)17/h4,7-8,10-11H,2-3,5-6,9H2,1H3,(H,15,18)/t10-,11+/m0/s1. The second-order valence-corrected chi connectivity index (χ2v) is 5.46. The number of carbonyl (C=O) groups is 2. The van der Waals surface area contributed by atoms with Crippen LogP contribution in [0.3, 0.4) is 0 Å². The van der Waals surface area contributed by atoms with Crippen LogP contribution in [0.1, 0.15) is 36.2 Å². The van der Waals surface area contributed by atoms with E-state index in [2.05, 4.69) is 5.32 Å². The molecule has 1 aromatic heterocycles. The number of aryl methyl sites for hydroxylation is 1. The number of piperazine rings is 1. The van der Waals surface area contributed by atoms with Crippen molar-refractivity contribution in [3.05, 3.63) is 24.0 Å². The molecule has 1 aromatic rings. The highest BCUT2D eigenvalue weighted by atomic mass is 16.2. The zero-order chi connectivity index (χ0) is 13.4. The number of nitrogens with one attached hydrogen (secondary N) is 1. The Kier molecular flexibility index (Phi) is 3.05. The molecule has 0 unspecified atom stereocenters. The summed E-state index contributed by atoms with van der Waals surface area (Å²) in [5, 5.41) is 3.02. The zero-order valence-electron chi connectivity index (χ0n) is 11.1. The van der Waals surface area contributed by atoms with Gasteiger partial charge in [0.15, 0.2) is 0 Å². The Hall–Kier alpha value is -1.78. The minimum absolute atomic E-state index is 0.0285. The molecule has 5 nitrogen and oxygen atoms in total. The molecule has 0 radical (unpaired) electrons. The van der Waals surface area contributed by atoms with Crippen LogP contribution in [0.4, 0.5) is 0 Å². The van der Waals surface area contributed by atoms with Crippen LogP contribution < -0.4 is 5.32 Å². The number of fused-ring (bicyclic) bond motifs is 1. The van der Waals surface area contributed by atoms with E-state index < -0.39 is 0 Å². The molecule has 0 aromatic carbocycles. The van der Waals surface area contributed by atoms with Crippen LogP contribution >= 0.6 is 0 Å². The summed E-state index contributed by atoms with van der Waals surface area (Å²) >= 11 is 0. The fraction of sp³-hybridized carbons (Fsp3) is 0.571. The Balaban J connectivity index is 1.87. The third-order valence-corrected chi connectivity index (χ3v) is 4.21. The average molecular weight is 261 g/mol. The molecule has 0 spiro atoms. The van der Waals surface area contributed by atoms with Gasteiger partial charge in [0.1, 0.15) is 12.2 Å². The van der Waals surface area contributed by atoms with Crippen molar-refractivity contribution >= 4 is 11.8 Å². The lowest BCUT2D eigenvalue weighted by Crippen LogP contribution is -2.63. The van der Waals surface area contributed by atoms with Crippen LogP contribution in [-0.4, -0.2) is 39.9 Å². The number of rotatable bonds is 1. The predicted molar refractivity (Wildman–Crippen MR) is 70.6 cm³/mol. The van der Waals surface area contributed by atoms with E-state index in [0.717, 1.165) is 25.7 Å². The maximum Gasteiger partial charge on any atom is 0.271 e. The number of carbonyl (C=O) groups excluding carboxylic acids is 2. The van der Waals surface area contributed by atoms with Crippen molar-refractivity contribution in [2.75, 3.05) is 6.54 Å². The van der Waals surface area contributed by atoms with Crippen LogP contribution in [0.2, 0.25) is 0 Å². The number of aromatic nitrogens is 1. The van der Waals surface area contributed by atoms with Crippen molar-refractivity contribution in [1.82, 2.24) is 14.8 Å². The molecule has 1 aliphatic heterocycles. The van der Waals surface area contributed by atoms with Gasteiger partial charge in [0.2, 0.25) is 5.91 Å². The second-order valence-electron chi connectivity index (χ2n) is 5.46. The van der Waals surface area contributed by atoms with Crippen molar-refractivity contribution in [2.45, 2.75) is 37.8 Å². The van der Waals surface area contributed by atoms with Gasteiger partial charge in [0, 0.05) is 19.3 Å². The highest BCUT2D eigenvalue weighted by molar-refractivity contribution is 5.96. The van der Waals surface area contributed by atoms with E-state index >= 15 is 0 Å². The van der Waals surface area contributed by atoms with Gasteiger partial charge in [0.25, 0.3) is 5.91 Å². The number of hydrogen-bond donors (Lipinski definition) is 1. The van der Waals surface area contributed by atoms with Gasteiger partial charge in [-0.25, -0.2) is 0 Å². The molecular weight excluding hydrogens is 242 g/mol. The number of amides is 2. The van der Waals surface area contributed by atoms with E-state index in [0.29, 0.717) is 5.69 Å². The SMILES string of the molecule is Cn1cccc1C(=O)N1CC(=O)N[C@H]2CCCC[C@H]21. The summed E-state index contributed by atoms with van der Waals surface area (Å²) in [7, 11) is 1.86. The molecule has 2 heterocycles. The van der Waals surface area contributed by atoms with E-state index in [9.17, 15) is 9.59 Å². The Bertz CT molecular complexity index is 509. The molecule has 3 rings (SSSR count). The van der Waals surface area contributed by atoms with Gasteiger partial charge in [0.05, 0.1) is 6.04 Å². The summed E-state index contributed by atoms with van der Waals surface area (Å²) in [6, 6.07) is 3.97. The van der Waals surface area contributed by atoms with Crippen molar-refractivity contribution in [3.8, 4) is 0 Å². The molecule has 102 valence electrons. The van der Waals surface area contributed by atoms with Gasteiger partial charge in [-0.15, -0.1) is 0 Å². The van der Waals surface area contributed by atoms with Gasteiger partial charge in [-0.1, -0.05) is 12.8 Å². The van der Waals surface area contributed by atoms with E-state index in [-0.39, 0.29) is 30.4 Å². The van der Waals surface area contributed by atoms with Gasteiger partial charge in [-0.3, -0.25) is 9.59 Å².